The van der Waals surface area contributed by atoms with Gasteiger partial charge in [0.05, 0.1) is 0 Å². The fraction of sp³-hybridized carbons (Fsp3) is 0.288. The molecule has 302 valence electrons. The van der Waals surface area contributed by atoms with Crippen LogP contribution in [0.15, 0.2) is 146 Å². The lowest BCUT2D eigenvalue weighted by Crippen LogP contribution is -2.49. The van der Waals surface area contributed by atoms with Gasteiger partial charge in [0.1, 0.15) is 0 Å². The van der Waals surface area contributed by atoms with E-state index in [4.69, 9.17) is 11.6 Å². The molecule has 2 saturated carbocycles. The summed E-state index contributed by atoms with van der Waals surface area (Å²) in [6, 6.07) is 55.6. The van der Waals surface area contributed by atoms with Crippen LogP contribution in [0.1, 0.15) is 101 Å². The highest BCUT2D eigenvalue weighted by Crippen LogP contribution is 2.66. The van der Waals surface area contributed by atoms with Crippen LogP contribution >= 0.6 is 11.6 Å². The molecule has 0 radical (unpaired) electrons. The molecule has 1 spiro atoms. The molecule has 7 aromatic carbocycles. The fourth-order valence-electron chi connectivity index (χ4n) is 13.9. The Kier molecular flexibility index (Phi) is 8.01. The predicted molar refractivity (Wildman–Crippen MR) is 257 cm³/mol. The van der Waals surface area contributed by atoms with E-state index in [1.54, 1.807) is 0 Å². The molecule has 2 fully saturated rings. The molecule has 0 saturated heterocycles. The molecule has 61 heavy (non-hydrogen) atoms. The van der Waals surface area contributed by atoms with Crippen LogP contribution in [0.2, 0.25) is 5.02 Å². The number of rotatable bonds is 4. The van der Waals surface area contributed by atoms with Crippen molar-refractivity contribution in [3.8, 4) is 44.5 Å². The first kappa shape index (κ1) is 37.4. The maximum absolute atomic E-state index is 7.15. The van der Waals surface area contributed by atoms with E-state index in [1.165, 1.54) is 115 Å². The van der Waals surface area contributed by atoms with Crippen molar-refractivity contribution in [3.05, 3.63) is 184 Å². The quantitative estimate of drug-likeness (QED) is 0.171. The van der Waals surface area contributed by atoms with E-state index >= 15 is 0 Å². The molecule has 1 nitrogen and oxygen atoms in total. The molecular formula is C59H54ClN. The fourth-order valence-corrected chi connectivity index (χ4v) is 14.1. The SMILES string of the molecule is CC1CC2CC(C)C3(c4cc(-c5ccc(N(c6ccc7c(c6)C(C)(C)c6ccccc6-7)c6ccc7c(c6)C(C)(C)c6ccccc6-7)cc5)ccc4-c4c(Cl)cccc43)C(C1)C2. The number of benzene rings is 7. The van der Waals surface area contributed by atoms with Crippen LogP contribution in [0.25, 0.3) is 44.5 Å². The van der Waals surface area contributed by atoms with Gasteiger partial charge in [-0.25, -0.2) is 0 Å². The molecular weight excluding hydrogens is 758 g/mol. The Labute approximate surface area is 367 Å². The normalized spacial score (nSPS) is 24.0. The standard InChI is InChI=1S/C59H54ClN/c1-35-28-37-30-36(2)59(40(29-35)31-37)51-16-11-17-55(60)56(51)48-25-20-39(32-54(48)59)38-18-21-41(22-19-38)61(42-23-26-46-44-12-7-9-14-49(44)57(3,4)52(46)33-42)43-24-27-47-45-13-8-10-15-50(45)58(5,6)53(47)34-43/h7-27,32-37,40H,28-31H2,1-6H3. The third-order valence-corrected chi connectivity index (χ3v) is 16.8. The van der Waals surface area contributed by atoms with Crippen LogP contribution in [-0.4, -0.2) is 0 Å². The molecule has 12 rings (SSSR count). The highest BCUT2D eigenvalue weighted by Gasteiger charge is 2.57. The maximum Gasteiger partial charge on any atom is 0.0487 e. The smallest absolute Gasteiger partial charge is 0.0487 e. The van der Waals surface area contributed by atoms with Gasteiger partial charge < -0.3 is 4.90 Å². The Morgan fingerprint density at radius 1 is 0.459 bits per heavy atom. The lowest BCUT2D eigenvalue weighted by Gasteiger charge is -2.54. The second-order valence-electron chi connectivity index (χ2n) is 20.5. The molecule has 0 heterocycles. The van der Waals surface area contributed by atoms with Gasteiger partial charge in [0.15, 0.2) is 0 Å². The van der Waals surface area contributed by atoms with Crippen LogP contribution in [0.4, 0.5) is 17.1 Å². The van der Waals surface area contributed by atoms with E-state index in [0.29, 0.717) is 11.8 Å². The van der Waals surface area contributed by atoms with Crippen molar-refractivity contribution >= 4 is 28.7 Å². The van der Waals surface area contributed by atoms with E-state index in [2.05, 4.69) is 192 Å². The first-order chi connectivity index (χ1) is 29.5. The number of hydrogen-bond donors (Lipinski definition) is 0. The Bertz CT molecular complexity index is 2840. The first-order valence-corrected chi connectivity index (χ1v) is 23.2. The number of halogens is 1. The zero-order valence-corrected chi connectivity index (χ0v) is 37.1. The van der Waals surface area contributed by atoms with Gasteiger partial charge in [-0.3, -0.25) is 0 Å². The summed E-state index contributed by atoms with van der Waals surface area (Å²) >= 11 is 7.15. The number of nitrogens with zero attached hydrogens (tertiary/aromatic N) is 1. The topological polar surface area (TPSA) is 3.24 Å². The van der Waals surface area contributed by atoms with Crippen LogP contribution in [-0.2, 0) is 16.2 Å². The Hall–Kier alpha value is -5.37. The Morgan fingerprint density at radius 3 is 1.64 bits per heavy atom. The van der Waals surface area contributed by atoms with E-state index in [-0.39, 0.29) is 16.2 Å². The average Bonchev–Trinajstić information content (AvgIpc) is 3.78. The summed E-state index contributed by atoms with van der Waals surface area (Å²) in [5.74, 6) is 2.78. The van der Waals surface area contributed by atoms with Gasteiger partial charge in [-0.1, -0.05) is 150 Å². The molecule has 5 unspecified atom stereocenters. The molecule has 7 aromatic rings. The number of hydrogen-bond acceptors (Lipinski definition) is 1. The number of fused-ring (bicyclic) bond motifs is 14. The van der Waals surface area contributed by atoms with Crippen molar-refractivity contribution in [1.29, 1.82) is 0 Å². The van der Waals surface area contributed by atoms with Gasteiger partial charge in [-0.15, -0.1) is 0 Å². The zero-order valence-electron chi connectivity index (χ0n) is 36.3. The summed E-state index contributed by atoms with van der Waals surface area (Å²) < 4.78 is 0. The summed E-state index contributed by atoms with van der Waals surface area (Å²) in [6.45, 7) is 14.6. The minimum absolute atomic E-state index is 0.00446. The van der Waals surface area contributed by atoms with Crippen molar-refractivity contribution in [3.63, 3.8) is 0 Å². The van der Waals surface area contributed by atoms with Gasteiger partial charge in [-0.05, 0) is 170 Å². The largest absolute Gasteiger partial charge is 0.310 e. The van der Waals surface area contributed by atoms with Gasteiger partial charge in [0.2, 0.25) is 0 Å². The summed E-state index contributed by atoms with van der Waals surface area (Å²) in [4.78, 5) is 2.49. The van der Waals surface area contributed by atoms with Gasteiger partial charge in [0.25, 0.3) is 0 Å². The van der Waals surface area contributed by atoms with E-state index in [0.717, 1.165) is 22.5 Å². The minimum atomic E-state index is -0.0970. The number of anilines is 3. The van der Waals surface area contributed by atoms with Gasteiger partial charge in [0, 0.05) is 43.9 Å². The first-order valence-electron chi connectivity index (χ1n) is 22.8. The monoisotopic (exact) mass is 811 g/mol. The summed E-state index contributed by atoms with van der Waals surface area (Å²) in [7, 11) is 0. The lowest BCUT2D eigenvalue weighted by molar-refractivity contribution is 0.0426. The Balaban J connectivity index is 0.984. The van der Waals surface area contributed by atoms with E-state index in [1.807, 2.05) is 0 Å². The predicted octanol–water partition coefficient (Wildman–Crippen LogP) is 16.4. The zero-order chi connectivity index (χ0) is 41.6. The molecule has 2 bridgehead atoms. The molecule has 0 aliphatic heterocycles. The average molecular weight is 813 g/mol. The third kappa shape index (κ3) is 5.14. The molecule has 2 heteroatoms. The maximum atomic E-state index is 7.15. The van der Waals surface area contributed by atoms with Crippen LogP contribution < -0.4 is 4.90 Å². The van der Waals surface area contributed by atoms with Crippen molar-refractivity contribution < 1.29 is 0 Å². The van der Waals surface area contributed by atoms with Crippen molar-refractivity contribution in [1.82, 2.24) is 0 Å². The molecule has 0 N–H and O–H groups in total. The third-order valence-electron chi connectivity index (χ3n) is 16.5. The molecule has 5 atom stereocenters. The lowest BCUT2D eigenvalue weighted by atomic mass is 9.49. The molecule has 0 aromatic heterocycles. The minimum Gasteiger partial charge on any atom is -0.310 e. The summed E-state index contributed by atoms with van der Waals surface area (Å²) in [6.07, 6.45) is 5.29. The van der Waals surface area contributed by atoms with Crippen LogP contribution in [0.3, 0.4) is 0 Å². The van der Waals surface area contributed by atoms with E-state index in [9.17, 15) is 0 Å². The van der Waals surface area contributed by atoms with Crippen LogP contribution in [0.5, 0.6) is 0 Å². The molecule has 5 aliphatic carbocycles. The van der Waals surface area contributed by atoms with E-state index < -0.39 is 0 Å². The molecule has 5 aliphatic rings. The van der Waals surface area contributed by atoms with Crippen molar-refractivity contribution in [2.24, 2.45) is 23.7 Å². The second kappa shape index (κ2) is 13.1. The highest BCUT2D eigenvalue weighted by molar-refractivity contribution is 6.34. The highest BCUT2D eigenvalue weighted by atomic mass is 35.5. The van der Waals surface area contributed by atoms with Crippen molar-refractivity contribution in [2.75, 3.05) is 4.90 Å². The Morgan fingerprint density at radius 2 is 1.00 bits per heavy atom. The van der Waals surface area contributed by atoms with Crippen LogP contribution in [0, 0.1) is 23.7 Å². The summed E-state index contributed by atoms with van der Waals surface area (Å²) in [5.41, 5.74) is 22.4. The molecule has 0 amide bonds. The van der Waals surface area contributed by atoms with Gasteiger partial charge in [-0.2, -0.15) is 0 Å². The second-order valence-corrected chi connectivity index (χ2v) is 20.9. The van der Waals surface area contributed by atoms with Gasteiger partial charge >= 0.3 is 0 Å². The summed E-state index contributed by atoms with van der Waals surface area (Å²) in [5, 5.41) is 0.892. The van der Waals surface area contributed by atoms with Crippen molar-refractivity contribution in [2.45, 2.75) is 83.5 Å².